The van der Waals surface area contributed by atoms with Crippen LogP contribution in [0.15, 0.2) is 12.7 Å². The average Bonchev–Trinajstić information content (AvgIpc) is 2.29. The molecule has 0 aromatic heterocycles. The third-order valence-electron chi connectivity index (χ3n) is 3.26. The van der Waals surface area contributed by atoms with Crippen molar-refractivity contribution in [1.82, 2.24) is 5.32 Å². The molecule has 1 aliphatic heterocycles. The van der Waals surface area contributed by atoms with Crippen LogP contribution >= 0.6 is 11.8 Å². The number of thioether (sulfide) groups is 1. The molecule has 1 N–H and O–H groups in total. The fourth-order valence-electron chi connectivity index (χ4n) is 2.05. The van der Waals surface area contributed by atoms with Crippen molar-refractivity contribution >= 4 is 11.8 Å². The Morgan fingerprint density at radius 1 is 1.62 bits per heavy atom. The molecule has 0 amide bonds. The highest BCUT2D eigenvalue weighted by Crippen LogP contribution is 2.27. The second kappa shape index (κ2) is 7.36. The smallest absolute Gasteiger partial charge is 0.0666 e. The highest BCUT2D eigenvalue weighted by atomic mass is 32.2. The van der Waals surface area contributed by atoms with Gasteiger partial charge < -0.3 is 10.1 Å². The Morgan fingerprint density at radius 2 is 2.44 bits per heavy atom. The summed E-state index contributed by atoms with van der Waals surface area (Å²) >= 11 is 1.94. The Bertz CT molecular complexity index is 210. The molecule has 16 heavy (non-hydrogen) atoms. The van der Waals surface area contributed by atoms with Gasteiger partial charge in [-0.25, -0.2) is 0 Å². The molecule has 0 radical (unpaired) electrons. The molecule has 0 spiro atoms. The standard InChI is InChI=1S/C13H25NOS/c1-4-9-16-10-7-14-12-6-8-15-13(3,5-2)11-12/h4,12,14H,1,5-11H2,2-3H3. The molecule has 94 valence electrons. The van der Waals surface area contributed by atoms with E-state index in [1.807, 2.05) is 17.8 Å². The average molecular weight is 243 g/mol. The van der Waals surface area contributed by atoms with Crippen LogP contribution < -0.4 is 5.32 Å². The molecule has 0 aromatic carbocycles. The summed E-state index contributed by atoms with van der Waals surface area (Å²) in [5.41, 5.74) is 0.101. The van der Waals surface area contributed by atoms with Gasteiger partial charge in [0.05, 0.1) is 5.60 Å². The lowest BCUT2D eigenvalue weighted by atomic mass is 9.90. The van der Waals surface area contributed by atoms with Gasteiger partial charge in [0.15, 0.2) is 0 Å². The molecule has 1 rings (SSSR count). The van der Waals surface area contributed by atoms with Crippen molar-refractivity contribution < 1.29 is 4.74 Å². The summed E-state index contributed by atoms with van der Waals surface area (Å²) in [7, 11) is 0. The van der Waals surface area contributed by atoms with Crippen molar-refractivity contribution in [3.05, 3.63) is 12.7 Å². The van der Waals surface area contributed by atoms with Gasteiger partial charge in [-0.05, 0) is 26.2 Å². The zero-order valence-electron chi connectivity index (χ0n) is 10.6. The van der Waals surface area contributed by atoms with E-state index in [4.69, 9.17) is 4.74 Å². The van der Waals surface area contributed by atoms with E-state index < -0.39 is 0 Å². The van der Waals surface area contributed by atoms with Gasteiger partial charge in [0.1, 0.15) is 0 Å². The van der Waals surface area contributed by atoms with Crippen LogP contribution in [0.5, 0.6) is 0 Å². The first-order valence-electron chi connectivity index (χ1n) is 6.26. The minimum atomic E-state index is 0.101. The molecular weight excluding hydrogens is 218 g/mol. The van der Waals surface area contributed by atoms with Crippen molar-refractivity contribution in [2.45, 2.75) is 44.8 Å². The van der Waals surface area contributed by atoms with Gasteiger partial charge in [-0.15, -0.1) is 6.58 Å². The van der Waals surface area contributed by atoms with E-state index in [1.54, 1.807) is 0 Å². The Morgan fingerprint density at radius 3 is 3.12 bits per heavy atom. The Balaban J connectivity index is 2.14. The topological polar surface area (TPSA) is 21.3 Å². The maximum Gasteiger partial charge on any atom is 0.0666 e. The van der Waals surface area contributed by atoms with Crippen LogP contribution in [0, 0.1) is 0 Å². The van der Waals surface area contributed by atoms with Crippen LogP contribution in [-0.4, -0.2) is 36.3 Å². The number of hydrogen-bond acceptors (Lipinski definition) is 3. The third-order valence-corrected chi connectivity index (χ3v) is 4.22. The fourth-order valence-corrected chi connectivity index (χ4v) is 2.65. The highest BCUT2D eigenvalue weighted by Gasteiger charge is 2.30. The summed E-state index contributed by atoms with van der Waals surface area (Å²) in [6.45, 7) is 10.2. The molecule has 3 heteroatoms. The van der Waals surface area contributed by atoms with Crippen LogP contribution in [0.1, 0.15) is 33.1 Å². The Kier molecular flexibility index (Phi) is 6.47. The maximum absolute atomic E-state index is 5.83. The van der Waals surface area contributed by atoms with Crippen molar-refractivity contribution in [1.29, 1.82) is 0 Å². The molecule has 0 aromatic rings. The van der Waals surface area contributed by atoms with Gasteiger partial charge in [0.2, 0.25) is 0 Å². The molecule has 1 fully saturated rings. The van der Waals surface area contributed by atoms with Gasteiger partial charge in [-0.2, -0.15) is 11.8 Å². The second-order valence-electron chi connectivity index (χ2n) is 4.66. The first-order valence-corrected chi connectivity index (χ1v) is 7.41. The normalized spacial score (nSPS) is 30.2. The summed E-state index contributed by atoms with van der Waals surface area (Å²) in [5, 5.41) is 3.63. The summed E-state index contributed by atoms with van der Waals surface area (Å²) in [6, 6.07) is 0.642. The number of ether oxygens (including phenoxy) is 1. The first-order chi connectivity index (χ1) is 7.70. The largest absolute Gasteiger partial charge is 0.375 e. The molecule has 1 saturated heterocycles. The van der Waals surface area contributed by atoms with Gasteiger partial charge >= 0.3 is 0 Å². The van der Waals surface area contributed by atoms with E-state index in [1.165, 1.54) is 5.75 Å². The van der Waals surface area contributed by atoms with Crippen LogP contribution in [0.4, 0.5) is 0 Å². The lowest BCUT2D eigenvalue weighted by Gasteiger charge is -2.38. The zero-order chi connectivity index (χ0) is 11.9. The highest BCUT2D eigenvalue weighted by molar-refractivity contribution is 7.99. The molecular formula is C13H25NOS. The lowest BCUT2D eigenvalue weighted by molar-refractivity contribution is -0.0776. The summed E-state index contributed by atoms with van der Waals surface area (Å²) in [5.74, 6) is 2.23. The summed E-state index contributed by atoms with van der Waals surface area (Å²) < 4.78 is 5.83. The molecule has 0 saturated carbocycles. The van der Waals surface area contributed by atoms with Gasteiger partial charge in [-0.1, -0.05) is 13.0 Å². The third kappa shape index (κ3) is 4.89. The van der Waals surface area contributed by atoms with E-state index in [-0.39, 0.29) is 5.60 Å². The monoisotopic (exact) mass is 243 g/mol. The fraction of sp³-hybridized carbons (Fsp3) is 0.846. The Hall–Kier alpha value is 0.01000. The van der Waals surface area contributed by atoms with E-state index in [0.717, 1.165) is 38.2 Å². The van der Waals surface area contributed by atoms with E-state index in [0.29, 0.717) is 6.04 Å². The first kappa shape index (κ1) is 14.1. The second-order valence-corrected chi connectivity index (χ2v) is 5.81. The molecule has 0 aliphatic carbocycles. The number of hydrogen-bond donors (Lipinski definition) is 1. The summed E-state index contributed by atoms with van der Waals surface area (Å²) in [4.78, 5) is 0. The molecule has 1 aliphatic rings. The number of rotatable bonds is 7. The Labute approximate surface area is 104 Å². The molecule has 0 bridgehead atoms. The van der Waals surface area contributed by atoms with E-state index in [9.17, 15) is 0 Å². The summed E-state index contributed by atoms with van der Waals surface area (Å²) in [6.07, 6.45) is 5.38. The molecule has 2 atom stereocenters. The van der Waals surface area contributed by atoms with E-state index in [2.05, 4.69) is 25.7 Å². The predicted molar refractivity (Wildman–Crippen MR) is 73.2 cm³/mol. The molecule has 2 unspecified atom stereocenters. The van der Waals surface area contributed by atoms with Gasteiger partial charge in [0, 0.05) is 30.7 Å². The lowest BCUT2D eigenvalue weighted by Crippen LogP contribution is -2.45. The van der Waals surface area contributed by atoms with Crippen LogP contribution in [0.3, 0.4) is 0 Å². The van der Waals surface area contributed by atoms with Crippen molar-refractivity contribution in [3.8, 4) is 0 Å². The minimum Gasteiger partial charge on any atom is -0.375 e. The zero-order valence-corrected chi connectivity index (χ0v) is 11.4. The van der Waals surface area contributed by atoms with Crippen molar-refractivity contribution in [2.75, 3.05) is 24.7 Å². The molecule has 1 heterocycles. The van der Waals surface area contributed by atoms with E-state index >= 15 is 0 Å². The van der Waals surface area contributed by atoms with Crippen molar-refractivity contribution in [2.24, 2.45) is 0 Å². The SMILES string of the molecule is C=CCSCCNC1CCOC(C)(CC)C1. The van der Waals surface area contributed by atoms with Gasteiger partial charge in [-0.3, -0.25) is 0 Å². The minimum absolute atomic E-state index is 0.101. The maximum atomic E-state index is 5.83. The van der Waals surface area contributed by atoms with Crippen molar-refractivity contribution in [3.63, 3.8) is 0 Å². The number of nitrogens with one attached hydrogen (secondary N) is 1. The van der Waals surface area contributed by atoms with Crippen LogP contribution in [0.2, 0.25) is 0 Å². The van der Waals surface area contributed by atoms with Crippen LogP contribution in [0.25, 0.3) is 0 Å². The quantitative estimate of drug-likeness (QED) is 0.549. The van der Waals surface area contributed by atoms with Crippen LogP contribution in [-0.2, 0) is 4.74 Å². The molecule has 2 nitrogen and oxygen atoms in total. The van der Waals surface area contributed by atoms with Gasteiger partial charge in [0.25, 0.3) is 0 Å². The predicted octanol–water partition coefficient (Wildman–Crippen LogP) is 2.84.